The first-order valence-corrected chi connectivity index (χ1v) is 11.2. The topological polar surface area (TPSA) is 73.6 Å². The molecule has 0 atom stereocenters. The molecule has 0 unspecified atom stereocenters. The number of cyclic esters (lactones) is 1. The third-order valence-corrected chi connectivity index (χ3v) is 7.07. The van der Waals surface area contributed by atoms with Gasteiger partial charge in [0, 0.05) is 11.3 Å². The molecule has 2 fully saturated rings. The molecule has 174 valence electrons. The number of carbonyl (C=O) groups is 2. The minimum atomic E-state index is -4.76. The summed E-state index contributed by atoms with van der Waals surface area (Å²) in [6, 6.07) is 9.79. The molecule has 5 rings (SSSR count). The van der Waals surface area contributed by atoms with Gasteiger partial charge in [0.25, 0.3) is 5.91 Å². The van der Waals surface area contributed by atoms with Crippen LogP contribution in [0.25, 0.3) is 0 Å². The third-order valence-electron chi connectivity index (χ3n) is 6.71. The SMILES string of the molecule is N#Cc1ccc(N2C(=O)C3(CCCCC3)N(c3ccc4c(c3)COC4=O)C2=S)cc1C(F)(F)F. The summed E-state index contributed by atoms with van der Waals surface area (Å²) in [6.07, 6.45) is -1.29. The van der Waals surface area contributed by atoms with E-state index in [1.54, 1.807) is 29.2 Å². The van der Waals surface area contributed by atoms with Crippen molar-refractivity contribution in [2.75, 3.05) is 9.80 Å². The van der Waals surface area contributed by atoms with E-state index in [9.17, 15) is 22.8 Å². The Morgan fingerprint density at radius 1 is 1.03 bits per heavy atom. The van der Waals surface area contributed by atoms with Crippen molar-refractivity contribution in [2.45, 2.75) is 50.4 Å². The van der Waals surface area contributed by atoms with Gasteiger partial charge in [-0.2, -0.15) is 18.4 Å². The minimum Gasteiger partial charge on any atom is -0.457 e. The molecule has 0 radical (unpaired) electrons. The summed E-state index contributed by atoms with van der Waals surface area (Å²) in [5.74, 6) is -0.809. The number of anilines is 2. The lowest BCUT2D eigenvalue weighted by molar-refractivity contribution is -0.137. The molecule has 0 aromatic heterocycles. The number of carbonyl (C=O) groups excluding carboxylic acids is 2. The number of nitrogens with zero attached hydrogens (tertiary/aromatic N) is 3. The molecule has 1 saturated heterocycles. The summed E-state index contributed by atoms with van der Waals surface area (Å²) in [6.45, 7) is 0.109. The van der Waals surface area contributed by atoms with Gasteiger partial charge in [0.2, 0.25) is 0 Å². The van der Waals surface area contributed by atoms with Crippen LogP contribution in [0.15, 0.2) is 36.4 Å². The van der Waals surface area contributed by atoms with Crippen LogP contribution in [0.4, 0.5) is 24.5 Å². The van der Waals surface area contributed by atoms with Crippen LogP contribution in [0.2, 0.25) is 0 Å². The molecule has 1 amide bonds. The number of hydrogen-bond acceptors (Lipinski definition) is 5. The zero-order chi connectivity index (χ0) is 24.3. The Kier molecular flexibility index (Phi) is 5.13. The number of halogens is 3. The van der Waals surface area contributed by atoms with Gasteiger partial charge >= 0.3 is 12.1 Å². The van der Waals surface area contributed by atoms with Gasteiger partial charge in [0.15, 0.2) is 5.11 Å². The summed E-state index contributed by atoms with van der Waals surface area (Å²) < 4.78 is 45.9. The van der Waals surface area contributed by atoms with Crippen molar-refractivity contribution in [1.29, 1.82) is 5.26 Å². The molecule has 1 saturated carbocycles. The predicted octanol–water partition coefficient (Wildman–Crippen LogP) is 5.09. The zero-order valence-electron chi connectivity index (χ0n) is 17.8. The Balaban J connectivity index is 1.63. The van der Waals surface area contributed by atoms with Crippen molar-refractivity contribution in [2.24, 2.45) is 0 Å². The van der Waals surface area contributed by atoms with Crippen LogP contribution >= 0.6 is 12.2 Å². The Morgan fingerprint density at radius 2 is 1.74 bits per heavy atom. The molecule has 10 heteroatoms. The highest BCUT2D eigenvalue weighted by molar-refractivity contribution is 7.81. The van der Waals surface area contributed by atoms with Gasteiger partial charge in [0.1, 0.15) is 12.1 Å². The van der Waals surface area contributed by atoms with Crippen molar-refractivity contribution < 1.29 is 27.5 Å². The molecule has 2 aromatic rings. The van der Waals surface area contributed by atoms with Crippen molar-refractivity contribution >= 4 is 40.6 Å². The average molecular weight is 485 g/mol. The molecule has 2 aliphatic heterocycles. The van der Waals surface area contributed by atoms with E-state index in [1.165, 1.54) is 6.07 Å². The quantitative estimate of drug-likeness (QED) is 0.436. The highest BCUT2D eigenvalue weighted by Gasteiger charge is 2.56. The Bertz CT molecular complexity index is 1280. The molecule has 1 spiro atoms. The fourth-order valence-electron chi connectivity index (χ4n) is 5.10. The fraction of sp³-hybridized carbons (Fsp3) is 0.333. The minimum absolute atomic E-state index is 0.0338. The van der Waals surface area contributed by atoms with E-state index < -0.39 is 28.8 Å². The largest absolute Gasteiger partial charge is 0.457 e. The number of rotatable bonds is 2. The average Bonchev–Trinajstić information content (AvgIpc) is 3.28. The number of thiocarbonyl (C=S) groups is 1. The normalized spacial score (nSPS) is 19.4. The van der Waals surface area contributed by atoms with E-state index in [4.69, 9.17) is 22.2 Å². The monoisotopic (exact) mass is 485 g/mol. The van der Waals surface area contributed by atoms with Crippen molar-refractivity contribution in [3.05, 3.63) is 58.7 Å². The predicted molar refractivity (Wildman–Crippen MR) is 120 cm³/mol. The number of benzene rings is 2. The van der Waals surface area contributed by atoms with E-state index >= 15 is 0 Å². The van der Waals surface area contributed by atoms with E-state index in [0.29, 0.717) is 29.7 Å². The lowest BCUT2D eigenvalue weighted by Gasteiger charge is -2.39. The number of esters is 1. The lowest BCUT2D eigenvalue weighted by atomic mass is 9.80. The highest BCUT2D eigenvalue weighted by Crippen LogP contribution is 2.46. The Morgan fingerprint density at radius 3 is 2.41 bits per heavy atom. The van der Waals surface area contributed by atoms with Crippen LogP contribution in [-0.4, -0.2) is 22.5 Å². The molecule has 6 nitrogen and oxygen atoms in total. The highest BCUT2D eigenvalue weighted by atomic mass is 32.1. The maximum atomic E-state index is 13.8. The maximum Gasteiger partial charge on any atom is 0.417 e. The number of hydrogen-bond donors (Lipinski definition) is 0. The third kappa shape index (κ3) is 3.26. The summed E-state index contributed by atoms with van der Waals surface area (Å²) in [5, 5.41) is 9.19. The van der Waals surface area contributed by atoms with Crippen molar-refractivity contribution in [3.8, 4) is 6.07 Å². The maximum absolute atomic E-state index is 13.8. The van der Waals surface area contributed by atoms with E-state index in [1.807, 2.05) is 0 Å². The molecule has 2 heterocycles. The Hall–Kier alpha value is -3.45. The first-order chi connectivity index (χ1) is 16.2. The number of ether oxygens (including phenoxy) is 1. The van der Waals surface area contributed by atoms with Crippen LogP contribution in [-0.2, 0) is 22.3 Å². The van der Waals surface area contributed by atoms with Crippen LogP contribution < -0.4 is 9.80 Å². The van der Waals surface area contributed by atoms with Crippen LogP contribution in [0.1, 0.15) is 59.2 Å². The second-order valence-corrected chi connectivity index (χ2v) is 8.97. The van der Waals surface area contributed by atoms with Gasteiger partial charge in [-0.3, -0.25) is 9.69 Å². The van der Waals surface area contributed by atoms with Gasteiger partial charge in [-0.25, -0.2) is 4.79 Å². The van der Waals surface area contributed by atoms with Crippen LogP contribution in [0.5, 0.6) is 0 Å². The smallest absolute Gasteiger partial charge is 0.417 e. The Labute approximate surface area is 198 Å². The van der Waals surface area contributed by atoms with E-state index in [0.717, 1.165) is 36.3 Å². The van der Waals surface area contributed by atoms with Gasteiger partial charge in [-0.05, 0) is 61.5 Å². The van der Waals surface area contributed by atoms with Crippen LogP contribution in [0.3, 0.4) is 0 Å². The molecular formula is C24H18F3N3O3S. The first-order valence-electron chi connectivity index (χ1n) is 10.8. The first kappa shape index (κ1) is 22.3. The molecule has 3 aliphatic rings. The van der Waals surface area contributed by atoms with Crippen molar-refractivity contribution in [3.63, 3.8) is 0 Å². The number of amides is 1. The van der Waals surface area contributed by atoms with Gasteiger partial charge in [-0.1, -0.05) is 19.3 Å². The fourth-order valence-corrected chi connectivity index (χ4v) is 5.56. The number of fused-ring (bicyclic) bond motifs is 1. The summed E-state index contributed by atoms with van der Waals surface area (Å²) in [5.41, 5.74) is -1.01. The van der Waals surface area contributed by atoms with Crippen LogP contribution in [0, 0.1) is 11.3 Å². The number of alkyl halides is 3. The summed E-state index contributed by atoms with van der Waals surface area (Å²) in [4.78, 5) is 28.6. The number of nitriles is 1. The molecule has 0 bridgehead atoms. The molecule has 34 heavy (non-hydrogen) atoms. The molecule has 2 aromatic carbocycles. The molecule has 1 aliphatic carbocycles. The lowest BCUT2D eigenvalue weighted by Crippen LogP contribution is -2.51. The van der Waals surface area contributed by atoms with E-state index in [-0.39, 0.29) is 23.3 Å². The van der Waals surface area contributed by atoms with E-state index in [2.05, 4.69) is 0 Å². The van der Waals surface area contributed by atoms with Gasteiger partial charge in [-0.15, -0.1) is 0 Å². The second-order valence-electron chi connectivity index (χ2n) is 8.61. The molecular weight excluding hydrogens is 467 g/mol. The van der Waals surface area contributed by atoms with Gasteiger partial charge in [0.05, 0.1) is 28.4 Å². The summed E-state index contributed by atoms with van der Waals surface area (Å²) in [7, 11) is 0. The van der Waals surface area contributed by atoms with Gasteiger partial charge < -0.3 is 9.64 Å². The zero-order valence-corrected chi connectivity index (χ0v) is 18.6. The standard InChI is InChI=1S/C24H18F3N3O3S/c25-24(26,27)19-11-16(5-4-14(19)12-28)29-21(32)23(8-2-1-3-9-23)30(22(29)34)17-6-7-18-15(10-17)13-33-20(18)31/h4-7,10-11H,1-3,8-9,13H2. The molecule has 0 N–H and O–H groups in total. The van der Waals surface area contributed by atoms with Crippen molar-refractivity contribution in [1.82, 2.24) is 0 Å². The summed E-state index contributed by atoms with van der Waals surface area (Å²) >= 11 is 5.69. The second kappa shape index (κ2) is 7.81.